The van der Waals surface area contributed by atoms with Crippen molar-refractivity contribution in [3.63, 3.8) is 0 Å². The highest BCUT2D eigenvalue weighted by molar-refractivity contribution is 7.10. The summed E-state index contributed by atoms with van der Waals surface area (Å²) in [5.74, 6) is -1.07. The van der Waals surface area contributed by atoms with Crippen LogP contribution < -0.4 is 10.6 Å². The van der Waals surface area contributed by atoms with Crippen molar-refractivity contribution in [3.05, 3.63) is 57.8 Å². The van der Waals surface area contributed by atoms with Crippen molar-refractivity contribution in [2.24, 2.45) is 0 Å². The average molecular weight is 410 g/mol. The van der Waals surface area contributed by atoms with E-state index in [1.54, 1.807) is 11.3 Å². The van der Waals surface area contributed by atoms with Crippen LogP contribution in [0.25, 0.3) is 0 Å². The number of benzene rings is 1. The molecule has 1 aromatic carbocycles. The first-order valence-corrected chi connectivity index (χ1v) is 9.94. The third-order valence-electron chi connectivity index (χ3n) is 5.09. The standard InChI is InChI=1S/C20H21F3N2O2S/c21-20(22,23)15-6-3-5-14(11-15)18(27)24-12-17(26)25-13-19(8-1-2-9-19)16-7-4-10-28-16/h3-7,10-11H,1-2,8-9,12-13H2,(H,24,27)(H,25,26). The first-order chi connectivity index (χ1) is 13.3. The van der Waals surface area contributed by atoms with Crippen LogP contribution in [0, 0.1) is 0 Å². The molecule has 0 aliphatic heterocycles. The molecular weight excluding hydrogens is 389 g/mol. The molecule has 2 N–H and O–H groups in total. The lowest BCUT2D eigenvalue weighted by atomic mass is 9.84. The van der Waals surface area contributed by atoms with E-state index in [9.17, 15) is 22.8 Å². The molecule has 0 bridgehead atoms. The van der Waals surface area contributed by atoms with Crippen molar-refractivity contribution in [2.45, 2.75) is 37.3 Å². The molecule has 1 aliphatic carbocycles. The van der Waals surface area contributed by atoms with Gasteiger partial charge in [0.05, 0.1) is 12.1 Å². The van der Waals surface area contributed by atoms with Gasteiger partial charge in [-0.25, -0.2) is 0 Å². The quantitative estimate of drug-likeness (QED) is 0.753. The molecule has 1 aromatic heterocycles. The zero-order valence-electron chi connectivity index (χ0n) is 15.1. The largest absolute Gasteiger partial charge is 0.416 e. The van der Waals surface area contributed by atoms with Gasteiger partial charge in [-0.05, 0) is 42.5 Å². The van der Waals surface area contributed by atoms with Crippen LogP contribution in [0.4, 0.5) is 13.2 Å². The molecule has 28 heavy (non-hydrogen) atoms. The molecule has 0 saturated heterocycles. The van der Waals surface area contributed by atoms with Crippen molar-refractivity contribution in [1.82, 2.24) is 10.6 Å². The van der Waals surface area contributed by atoms with Crippen molar-refractivity contribution in [2.75, 3.05) is 13.1 Å². The predicted molar refractivity (Wildman–Crippen MR) is 101 cm³/mol. The molecule has 0 radical (unpaired) electrons. The van der Waals surface area contributed by atoms with Crippen molar-refractivity contribution >= 4 is 23.2 Å². The van der Waals surface area contributed by atoms with Gasteiger partial charge in [-0.2, -0.15) is 13.2 Å². The van der Waals surface area contributed by atoms with Crippen LogP contribution in [-0.2, 0) is 16.4 Å². The summed E-state index contributed by atoms with van der Waals surface area (Å²) in [5, 5.41) is 7.27. The van der Waals surface area contributed by atoms with Gasteiger partial charge in [-0.1, -0.05) is 25.0 Å². The number of carbonyl (C=O) groups excluding carboxylic acids is 2. The fourth-order valence-corrected chi connectivity index (χ4v) is 4.56. The monoisotopic (exact) mass is 410 g/mol. The lowest BCUT2D eigenvalue weighted by Gasteiger charge is -2.28. The minimum Gasteiger partial charge on any atom is -0.354 e. The number of hydrogen-bond donors (Lipinski definition) is 2. The second-order valence-electron chi connectivity index (χ2n) is 7.00. The molecule has 0 unspecified atom stereocenters. The van der Waals surface area contributed by atoms with Gasteiger partial charge in [0, 0.05) is 22.4 Å². The Labute approximate surface area is 165 Å². The molecule has 1 saturated carbocycles. The first-order valence-electron chi connectivity index (χ1n) is 9.06. The Kier molecular flexibility index (Phi) is 6.07. The maximum atomic E-state index is 12.8. The molecule has 2 aromatic rings. The van der Waals surface area contributed by atoms with Gasteiger partial charge in [0.15, 0.2) is 0 Å². The summed E-state index contributed by atoms with van der Waals surface area (Å²) in [4.78, 5) is 25.5. The van der Waals surface area contributed by atoms with E-state index in [4.69, 9.17) is 0 Å². The summed E-state index contributed by atoms with van der Waals surface area (Å²) < 4.78 is 38.3. The van der Waals surface area contributed by atoms with Crippen LogP contribution >= 0.6 is 11.3 Å². The second-order valence-corrected chi connectivity index (χ2v) is 7.95. The summed E-state index contributed by atoms with van der Waals surface area (Å²) in [7, 11) is 0. The predicted octanol–water partition coefficient (Wildman–Crippen LogP) is 4.12. The number of amides is 2. The molecule has 2 amide bonds. The molecule has 0 spiro atoms. The summed E-state index contributed by atoms with van der Waals surface area (Å²) in [6, 6.07) is 8.21. The Morgan fingerprint density at radius 1 is 1.07 bits per heavy atom. The van der Waals surface area contributed by atoms with E-state index in [0.29, 0.717) is 6.54 Å². The van der Waals surface area contributed by atoms with Gasteiger partial charge < -0.3 is 10.6 Å². The van der Waals surface area contributed by atoms with Crippen LogP contribution in [0.15, 0.2) is 41.8 Å². The molecule has 150 valence electrons. The minimum absolute atomic E-state index is 0.0606. The van der Waals surface area contributed by atoms with Crippen LogP contribution in [0.5, 0.6) is 0 Å². The third kappa shape index (κ3) is 4.73. The summed E-state index contributed by atoms with van der Waals surface area (Å²) in [5.41, 5.74) is -1.09. The molecule has 8 heteroatoms. The van der Waals surface area contributed by atoms with E-state index in [0.717, 1.165) is 37.8 Å². The molecule has 1 fully saturated rings. The molecule has 1 aliphatic rings. The Morgan fingerprint density at radius 2 is 1.82 bits per heavy atom. The van der Waals surface area contributed by atoms with Crippen molar-refractivity contribution in [1.29, 1.82) is 0 Å². The molecule has 4 nitrogen and oxygen atoms in total. The number of thiophene rings is 1. The van der Waals surface area contributed by atoms with Crippen LogP contribution in [0.3, 0.4) is 0 Å². The second kappa shape index (κ2) is 8.34. The maximum absolute atomic E-state index is 12.8. The van der Waals surface area contributed by atoms with Crippen LogP contribution in [0.2, 0.25) is 0 Å². The number of carbonyl (C=O) groups is 2. The smallest absolute Gasteiger partial charge is 0.354 e. The molecule has 3 rings (SSSR count). The van der Waals surface area contributed by atoms with Crippen molar-refractivity contribution < 1.29 is 22.8 Å². The first kappa shape index (κ1) is 20.4. The average Bonchev–Trinajstić information content (AvgIpc) is 3.36. The lowest BCUT2D eigenvalue weighted by Crippen LogP contribution is -2.43. The number of rotatable bonds is 6. The number of halogens is 3. The Hall–Kier alpha value is -2.35. The van der Waals surface area contributed by atoms with E-state index in [-0.39, 0.29) is 23.4 Å². The summed E-state index contributed by atoms with van der Waals surface area (Å²) in [6.45, 7) is 0.210. The summed E-state index contributed by atoms with van der Waals surface area (Å²) >= 11 is 1.68. The Bertz CT molecular complexity index is 828. The van der Waals surface area contributed by atoms with E-state index in [1.165, 1.54) is 17.0 Å². The molecular formula is C20H21F3N2O2S. The van der Waals surface area contributed by atoms with Crippen molar-refractivity contribution in [3.8, 4) is 0 Å². The van der Waals surface area contributed by atoms with E-state index < -0.39 is 17.6 Å². The Balaban J connectivity index is 1.54. The summed E-state index contributed by atoms with van der Waals surface area (Å²) in [6.07, 6.45) is -0.292. The van der Waals surface area contributed by atoms with E-state index >= 15 is 0 Å². The van der Waals surface area contributed by atoms with Gasteiger partial charge in [-0.15, -0.1) is 11.3 Å². The maximum Gasteiger partial charge on any atom is 0.416 e. The highest BCUT2D eigenvalue weighted by Crippen LogP contribution is 2.42. The normalized spacial score (nSPS) is 16.0. The van der Waals surface area contributed by atoms with Crippen LogP contribution in [-0.4, -0.2) is 24.9 Å². The molecule has 0 atom stereocenters. The molecule has 1 heterocycles. The minimum atomic E-state index is -4.52. The number of nitrogens with one attached hydrogen (secondary N) is 2. The SMILES string of the molecule is O=C(CNC(=O)c1cccc(C(F)(F)F)c1)NCC1(c2cccs2)CCCC1. The van der Waals surface area contributed by atoms with Gasteiger partial charge >= 0.3 is 6.18 Å². The highest BCUT2D eigenvalue weighted by atomic mass is 32.1. The number of hydrogen-bond acceptors (Lipinski definition) is 3. The lowest BCUT2D eigenvalue weighted by molar-refractivity contribution is -0.137. The van der Waals surface area contributed by atoms with Crippen LogP contribution in [0.1, 0.15) is 46.5 Å². The number of alkyl halides is 3. The Morgan fingerprint density at radius 3 is 2.46 bits per heavy atom. The van der Waals surface area contributed by atoms with Gasteiger partial charge in [0.1, 0.15) is 0 Å². The van der Waals surface area contributed by atoms with Gasteiger partial charge in [0.25, 0.3) is 5.91 Å². The topological polar surface area (TPSA) is 58.2 Å². The van der Waals surface area contributed by atoms with E-state index in [2.05, 4.69) is 16.7 Å². The fourth-order valence-electron chi connectivity index (χ4n) is 3.57. The third-order valence-corrected chi connectivity index (χ3v) is 6.21. The fraction of sp³-hybridized carbons (Fsp3) is 0.400. The zero-order valence-corrected chi connectivity index (χ0v) is 16.0. The van der Waals surface area contributed by atoms with Gasteiger partial charge in [-0.3, -0.25) is 9.59 Å². The van der Waals surface area contributed by atoms with Gasteiger partial charge in [0.2, 0.25) is 5.91 Å². The zero-order chi connectivity index (χ0) is 20.2. The highest BCUT2D eigenvalue weighted by Gasteiger charge is 2.36. The van der Waals surface area contributed by atoms with E-state index in [1.807, 2.05) is 11.4 Å².